The number of benzene rings is 1. The minimum atomic E-state index is -0.109. The third-order valence-electron chi connectivity index (χ3n) is 4.71. The maximum absolute atomic E-state index is 11.4. The Hall–Kier alpha value is -3.68. The van der Waals surface area contributed by atoms with E-state index >= 15 is 0 Å². The summed E-state index contributed by atoms with van der Waals surface area (Å²) in [6.45, 7) is 1.49. The summed E-state index contributed by atoms with van der Waals surface area (Å²) >= 11 is 0. The van der Waals surface area contributed by atoms with E-state index in [1.165, 1.54) is 19.8 Å². The van der Waals surface area contributed by atoms with Crippen molar-refractivity contribution in [3.8, 4) is 11.3 Å². The van der Waals surface area contributed by atoms with E-state index in [2.05, 4.69) is 25.8 Å². The molecule has 1 fully saturated rings. The van der Waals surface area contributed by atoms with Gasteiger partial charge in [0.15, 0.2) is 0 Å². The van der Waals surface area contributed by atoms with Crippen LogP contribution in [0.2, 0.25) is 0 Å². The van der Waals surface area contributed by atoms with E-state index in [1.807, 2.05) is 47.0 Å². The quantitative estimate of drug-likeness (QED) is 0.495. The van der Waals surface area contributed by atoms with Crippen LogP contribution in [0, 0.1) is 0 Å². The summed E-state index contributed by atoms with van der Waals surface area (Å²) in [5.74, 6) is 1.91. The number of amides is 1. The van der Waals surface area contributed by atoms with Crippen LogP contribution in [-0.4, -0.2) is 30.5 Å². The van der Waals surface area contributed by atoms with Crippen LogP contribution in [0.3, 0.4) is 0 Å². The molecule has 0 bridgehead atoms. The molecular weight excluding hydrogens is 354 g/mol. The normalized spacial score (nSPS) is 13.6. The lowest BCUT2D eigenvalue weighted by atomic mass is 10.1. The number of nitrogens with one attached hydrogen (secondary N) is 3. The lowest BCUT2D eigenvalue weighted by Crippen LogP contribution is -2.06. The van der Waals surface area contributed by atoms with E-state index in [-0.39, 0.29) is 5.91 Å². The molecule has 0 saturated heterocycles. The molecule has 1 aliphatic carbocycles. The van der Waals surface area contributed by atoms with Gasteiger partial charge in [0, 0.05) is 48.6 Å². The minimum Gasteiger partial charge on any atom is -0.326 e. The van der Waals surface area contributed by atoms with Crippen LogP contribution in [0.25, 0.3) is 16.9 Å². The van der Waals surface area contributed by atoms with E-state index in [4.69, 9.17) is 4.98 Å². The van der Waals surface area contributed by atoms with Crippen LogP contribution >= 0.6 is 0 Å². The SMILES string of the molecule is CC(=O)Nc1cccc(-c2cc3nccn3c(Nc3cc(C4CC4)n[nH]3)n2)c1. The first-order valence-corrected chi connectivity index (χ1v) is 9.20. The molecule has 3 N–H and O–H groups in total. The molecule has 1 saturated carbocycles. The highest BCUT2D eigenvalue weighted by Gasteiger charge is 2.26. The molecule has 3 heterocycles. The molecule has 0 unspecified atom stereocenters. The van der Waals surface area contributed by atoms with Crippen molar-refractivity contribution in [1.29, 1.82) is 0 Å². The number of fused-ring (bicyclic) bond motifs is 1. The van der Waals surface area contributed by atoms with Crippen molar-refractivity contribution in [2.75, 3.05) is 10.6 Å². The van der Waals surface area contributed by atoms with Gasteiger partial charge in [0.1, 0.15) is 11.5 Å². The monoisotopic (exact) mass is 373 g/mol. The second-order valence-corrected chi connectivity index (χ2v) is 6.99. The number of anilines is 3. The molecule has 8 nitrogen and oxygen atoms in total. The molecule has 8 heteroatoms. The van der Waals surface area contributed by atoms with E-state index in [9.17, 15) is 4.79 Å². The van der Waals surface area contributed by atoms with Gasteiger partial charge in [-0.2, -0.15) is 5.10 Å². The number of H-pyrrole nitrogens is 1. The van der Waals surface area contributed by atoms with Gasteiger partial charge in [-0.25, -0.2) is 9.97 Å². The number of carbonyl (C=O) groups is 1. The summed E-state index contributed by atoms with van der Waals surface area (Å²) in [6, 6.07) is 11.5. The van der Waals surface area contributed by atoms with Crippen LogP contribution in [0.1, 0.15) is 31.4 Å². The summed E-state index contributed by atoms with van der Waals surface area (Å²) < 4.78 is 1.89. The summed E-state index contributed by atoms with van der Waals surface area (Å²) in [4.78, 5) is 20.5. The number of imidazole rings is 1. The van der Waals surface area contributed by atoms with Crippen LogP contribution in [-0.2, 0) is 4.79 Å². The zero-order valence-electron chi connectivity index (χ0n) is 15.3. The molecule has 0 spiro atoms. The highest BCUT2D eigenvalue weighted by Crippen LogP contribution is 2.39. The largest absolute Gasteiger partial charge is 0.326 e. The molecule has 28 heavy (non-hydrogen) atoms. The van der Waals surface area contributed by atoms with Gasteiger partial charge >= 0.3 is 0 Å². The standard InChI is InChI=1S/C20H19N7O/c1-12(28)22-15-4-2-3-14(9-15)16-11-19-21-7-8-27(19)20(23-16)24-18-10-17(25-26-18)13-5-6-13/h2-4,7-11,13H,5-6H2,1H3,(H,22,28)(H2,23,24,25,26). The molecule has 1 amide bonds. The number of nitrogens with zero attached hydrogens (tertiary/aromatic N) is 4. The summed E-state index contributed by atoms with van der Waals surface area (Å²) in [5, 5.41) is 13.5. The van der Waals surface area contributed by atoms with Crippen molar-refractivity contribution in [2.45, 2.75) is 25.7 Å². The molecular formula is C20H19N7O. The molecule has 140 valence electrons. The lowest BCUT2D eigenvalue weighted by Gasteiger charge is -2.10. The summed E-state index contributed by atoms with van der Waals surface area (Å²) in [6.07, 6.45) is 6.01. The molecule has 1 aromatic carbocycles. The molecule has 0 radical (unpaired) electrons. The number of aromatic amines is 1. The van der Waals surface area contributed by atoms with Crippen LogP contribution in [0.4, 0.5) is 17.5 Å². The average Bonchev–Trinajstić information content (AvgIpc) is 3.22. The van der Waals surface area contributed by atoms with Crippen LogP contribution < -0.4 is 10.6 Å². The summed E-state index contributed by atoms with van der Waals surface area (Å²) in [5.41, 5.74) is 4.24. The number of carbonyl (C=O) groups excluding carboxylic acids is 1. The summed E-state index contributed by atoms with van der Waals surface area (Å²) in [7, 11) is 0. The van der Waals surface area contributed by atoms with E-state index < -0.39 is 0 Å². The zero-order valence-corrected chi connectivity index (χ0v) is 15.3. The number of aromatic nitrogens is 5. The van der Waals surface area contributed by atoms with Gasteiger partial charge in [-0.15, -0.1) is 0 Å². The van der Waals surface area contributed by atoms with Crippen LogP contribution in [0.5, 0.6) is 0 Å². The van der Waals surface area contributed by atoms with Crippen molar-refractivity contribution in [3.05, 3.63) is 54.5 Å². The number of rotatable bonds is 5. The van der Waals surface area contributed by atoms with Gasteiger partial charge in [-0.05, 0) is 25.0 Å². The maximum atomic E-state index is 11.4. The predicted octanol–water partition coefficient (Wildman–Crippen LogP) is 3.70. The lowest BCUT2D eigenvalue weighted by molar-refractivity contribution is -0.114. The van der Waals surface area contributed by atoms with Crippen molar-refractivity contribution < 1.29 is 4.79 Å². The number of hydrogen-bond acceptors (Lipinski definition) is 5. The third kappa shape index (κ3) is 3.20. The fraction of sp³-hybridized carbons (Fsp3) is 0.200. The van der Waals surface area contributed by atoms with E-state index in [0.29, 0.717) is 11.9 Å². The Balaban J connectivity index is 1.52. The Morgan fingerprint density at radius 1 is 1.25 bits per heavy atom. The van der Waals surface area contributed by atoms with Crippen molar-refractivity contribution in [1.82, 2.24) is 24.6 Å². The fourth-order valence-electron chi connectivity index (χ4n) is 3.23. The molecule has 4 aromatic rings. The first-order chi connectivity index (χ1) is 13.7. The van der Waals surface area contributed by atoms with Gasteiger partial charge in [0.05, 0.1) is 11.4 Å². The van der Waals surface area contributed by atoms with Gasteiger partial charge in [0.2, 0.25) is 11.9 Å². The Morgan fingerprint density at radius 2 is 2.14 bits per heavy atom. The molecule has 0 atom stereocenters. The van der Waals surface area contributed by atoms with Gasteiger partial charge in [-0.1, -0.05) is 12.1 Å². The first-order valence-electron chi connectivity index (χ1n) is 9.20. The predicted molar refractivity (Wildman–Crippen MR) is 107 cm³/mol. The molecule has 5 rings (SSSR count). The second kappa shape index (κ2) is 6.49. The third-order valence-corrected chi connectivity index (χ3v) is 4.71. The number of hydrogen-bond donors (Lipinski definition) is 3. The van der Waals surface area contributed by atoms with Gasteiger partial charge in [-0.3, -0.25) is 14.3 Å². The second-order valence-electron chi connectivity index (χ2n) is 6.99. The Morgan fingerprint density at radius 3 is 2.96 bits per heavy atom. The topological polar surface area (TPSA) is 100 Å². The molecule has 0 aliphatic heterocycles. The average molecular weight is 373 g/mol. The highest BCUT2D eigenvalue weighted by atomic mass is 16.1. The van der Waals surface area contributed by atoms with Crippen molar-refractivity contribution in [3.63, 3.8) is 0 Å². The Kier molecular flexibility index (Phi) is 3.82. The van der Waals surface area contributed by atoms with Gasteiger partial charge in [0.25, 0.3) is 0 Å². The Bertz CT molecular complexity index is 1170. The highest BCUT2D eigenvalue weighted by molar-refractivity contribution is 5.89. The van der Waals surface area contributed by atoms with Crippen LogP contribution in [0.15, 0.2) is 48.8 Å². The molecule has 1 aliphatic rings. The zero-order chi connectivity index (χ0) is 19.1. The van der Waals surface area contributed by atoms with E-state index in [1.54, 1.807) is 6.20 Å². The fourth-order valence-corrected chi connectivity index (χ4v) is 3.23. The maximum Gasteiger partial charge on any atom is 0.221 e. The smallest absolute Gasteiger partial charge is 0.221 e. The van der Waals surface area contributed by atoms with E-state index in [0.717, 1.165) is 34.1 Å². The minimum absolute atomic E-state index is 0.109. The molecule has 3 aromatic heterocycles. The first kappa shape index (κ1) is 16.5. The van der Waals surface area contributed by atoms with Crippen molar-refractivity contribution in [2.24, 2.45) is 0 Å². The Labute approximate surface area is 161 Å². The van der Waals surface area contributed by atoms with Gasteiger partial charge < -0.3 is 10.6 Å². The van der Waals surface area contributed by atoms with Crippen molar-refractivity contribution >= 4 is 29.0 Å².